The van der Waals surface area contributed by atoms with E-state index in [1.807, 2.05) is 12.4 Å². The molecule has 0 N–H and O–H groups in total. The number of pyridine rings is 1. The van der Waals surface area contributed by atoms with Crippen LogP contribution in [0.5, 0.6) is 0 Å². The molecule has 3 fully saturated rings. The van der Waals surface area contributed by atoms with Crippen molar-refractivity contribution in [3.8, 4) is 0 Å². The summed E-state index contributed by atoms with van der Waals surface area (Å²) in [5.41, 5.74) is 2.56. The Morgan fingerprint density at radius 3 is 2.25 bits per heavy atom. The minimum atomic E-state index is 0.677. The summed E-state index contributed by atoms with van der Waals surface area (Å²) < 4.78 is 0. The molecule has 2 unspecified atom stereocenters. The highest BCUT2D eigenvalue weighted by atomic mass is 15.3. The van der Waals surface area contributed by atoms with Gasteiger partial charge in [0.05, 0.1) is 0 Å². The molecule has 5 nitrogen and oxygen atoms in total. The molecule has 2 aromatic rings. The number of hydrogen-bond donors (Lipinski definition) is 0. The summed E-state index contributed by atoms with van der Waals surface area (Å²) in [6, 6.07) is 6.48. The molecule has 2 saturated heterocycles. The van der Waals surface area contributed by atoms with Crippen LogP contribution >= 0.6 is 0 Å². The number of hydrogen-bond acceptors (Lipinski definition) is 5. The lowest BCUT2D eigenvalue weighted by atomic mass is 9.83. The zero-order valence-corrected chi connectivity index (χ0v) is 13.9. The topological polar surface area (TPSA) is 45.2 Å². The van der Waals surface area contributed by atoms with Crippen LogP contribution in [0.25, 0.3) is 0 Å². The van der Waals surface area contributed by atoms with Gasteiger partial charge in [-0.1, -0.05) is 6.42 Å². The van der Waals surface area contributed by atoms with Crippen molar-refractivity contribution in [1.82, 2.24) is 15.0 Å². The first kappa shape index (κ1) is 14.2. The fraction of sp³-hybridized carbons (Fsp3) is 0.526. The van der Waals surface area contributed by atoms with Crippen LogP contribution in [0.2, 0.25) is 0 Å². The zero-order chi connectivity index (χ0) is 15.9. The van der Waals surface area contributed by atoms with Gasteiger partial charge in [0.2, 0.25) is 0 Å². The Balaban J connectivity index is 1.28. The molecule has 4 heterocycles. The van der Waals surface area contributed by atoms with Gasteiger partial charge < -0.3 is 9.80 Å². The van der Waals surface area contributed by atoms with Gasteiger partial charge in [0.25, 0.3) is 0 Å². The van der Waals surface area contributed by atoms with Crippen molar-refractivity contribution in [2.45, 2.75) is 25.2 Å². The van der Waals surface area contributed by atoms with Crippen LogP contribution in [0.4, 0.5) is 11.5 Å². The highest BCUT2D eigenvalue weighted by molar-refractivity contribution is 5.48. The van der Waals surface area contributed by atoms with E-state index in [1.165, 1.54) is 30.6 Å². The molecule has 5 rings (SSSR count). The predicted molar refractivity (Wildman–Crippen MR) is 94.3 cm³/mol. The lowest BCUT2D eigenvalue weighted by Gasteiger charge is -2.27. The van der Waals surface area contributed by atoms with Crippen molar-refractivity contribution in [1.29, 1.82) is 0 Å². The third-order valence-electron chi connectivity index (χ3n) is 6.04. The molecule has 5 heteroatoms. The van der Waals surface area contributed by atoms with Gasteiger partial charge in [-0.25, -0.2) is 9.97 Å². The van der Waals surface area contributed by atoms with Crippen molar-refractivity contribution in [3.63, 3.8) is 0 Å². The minimum Gasteiger partial charge on any atom is -0.371 e. The first-order chi connectivity index (χ1) is 11.9. The Labute approximate surface area is 142 Å². The summed E-state index contributed by atoms with van der Waals surface area (Å²) in [6.07, 6.45) is 9.48. The molecule has 1 aliphatic carbocycles. The van der Waals surface area contributed by atoms with Crippen LogP contribution in [0.3, 0.4) is 0 Å². The summed E-state index contributed by atoms with van der Waals surface area (Å²) in [6.45, 7) is 4.53. The fourth-order valence-electron chi connectivity index (χ4n) is 4.41. The maximum Gasteiger partial charge on any atom is 0.132 e. The third kappa shape index (κ3) is 2.43. The monoisotopic (exact) mass is 321 g/mol. The smallest absolute Gasteiger partial charge is 0.132 e. The van der Waals surface area contributed by atoms with Gasteiger partial charge in [-0.05, 0) is 25.0 Å². The Morgan fingerprint density at radius 2 is 1.58 bits per heavy atom. The van der Waals surface area contributed by atoms with Crippen LogP contribution < -0.4 is 9.80 Å². The Morgan fingerprint density at radius 1 is 0.875 bits per heavy atom. The first-order valence-electron chi connectivity index (χ1n) is 9.08. The van der Waals surface area contributed by atoms with E-state index in [0.29, 0.717) is 5.92 Å². The van der Waals surface area contributed by atoms with E-state index >= 15 is 0 Å². The van der Waals surface area contributed by atoms with E-state index in [9.17, 15) is 0 Å². The summed E-state index contributed by atoms with van der Waals surface area (Å²) >= 11 is 0. The number of fused-ring (bicyclic) bond motifs is 1. The van der Waals surface area contributed by atoms with E-state index in [4.69, 9.17) is 0 Å². The molecule has 1 saturated carbocycles. The second-order valence-electron chi connectivity index (χ2n) is 7.46. The largest absolute Gasteiger partial charge is 0.371 e. The van der Waals surface area contributed by atoms with Crippen molar-refractivity contribution in [2.24, 2.45) is 11.8 Å². The van der Waals surface area contributed by atoms with Crippen molar-refractivity contribution in [2.75, 3.05) is 36.0 Å². The molecule has 124 valence electrons. The van der Waals surface area contributed by atoms with Crippen LogP contribution in [0.1, 0.15) is 30.9 Å². The van der Waals surface area contributed by atoms with E-state index in [-0.39, 0.29) is 0 Å². The van der Waals surface area contributed by atoms with Crippen LogP contribution in [-0.2, 0) is 0 Å². The maximum absolute atomic E-state index is 4.56. The first-order valence-corrected chi connectivity index (χ1v) is 9.08. The molecule has 2 atom stereocenters. The molecule has 2 aliphatic heterocycles. The number of rotatable bonds is 3. The lowest BCUT2D eigenvalue weighted by Crippen LogP contribution is -2.29. The van der Waals surface area contributed by atoms with Crippen molar-refractivity contribution < 1.29 is 0 Å². The highest BCUT2D eigenvalue weighted by Crippen LogP contribution is 2.38. The van der Waals surface area contributed by atoms with Gasteiger partial charge in [-0.2, -0.15) is 0 Å². The second-order valence-corrected chi connectivity index (χ2v) is 7.46. The normalized spacial score (nSPS) is 26.5. The molecule has 24 heavy (non-hydrogen) atoms. The van der Waals surface area contributed by atoms with Crippen molar-refractivity contribution in [3.05, 3.63) is 42.6 Å². The number of anilines is 2. The van der Waals surface area contributed by atoms with Gasteiger partial charge in [0, 0.05) is 73.8 Å². The average molecular weight is 321 g/mol. The third-order valence-corrected chi connectivity index (χ3v) is 6.04. The standard InChI is InChI=1S/C19H23N5/c1-2-14(3-1)18-8-19(22-13-21-18)24-11-15-9-23(10-16(15)12-24)17-4-6-20-7-5-17/h4-8,13-16H,1-3,9-12H2. The molecule has 0 aromatic carbocycles. The van der Waals surface area contributed by atoms with Gasteiger partial charge in [0.15, 0.2) is 0 Å². The number of nitrogens with zero attached hydrogens (tertiary/aromatic N) is 5. The van der Waals surface area contributed by atoms with E-state index in [0.717, 1.165) is 43.8 Å². The van der Waals surface area contributed by atoms with Crippen LogP contribution in [0, 0.1) is 11.8 Å². The van der Waals surface area contributed by atoms with Gasteiger partial charge >= 0.3 is 0 Å². The quantitative estimate of drug-likeness (QED) is 0.870. The van der Waals surface area contributed by atoms with E-state index in [2.05, 4.69) is 43.0 Å². The second kappa shape index (κ2) is 5.72. The summed E-state index contributed by atoms with van der Waals surface area (Å²) in [5.74, 6) is 3.29. The lowest BCUT2D eigenvalue weighted by molar-refractivity contribution is 0.410. The molecular formula is C19H23N5. The Hall–Kier alpha value is -2.17. The summed E-state index contributed by atoms with van der Waals surface area (Å²) in [4.78, 5) is 18.2. The van der Waals surface area contributed by atoms with Crippen molar-refractivity contribution >= 4 is 11.5 Å². The number of aromatic nitrogens is 3. The van der Waals surface area contributed by atoms with Crippen LogP contribution in [0.15, 0.2) is 36.9 Å². The molecule has 0 bridgehead atoms. The fourth-order valence-corrected chi connectivity index (χ4v) is 4.41. The molecular weight excluding hydrogens is 298 g/mol. The zero-order valence-electron chi connectivity index (χ0n) is 13.9. The average Bonchev–Trinajstić information content (AvgIpc) is 3.13. The maximum atomic E-state index is 4.56. The summed E-state index contributed by atoms with van der Waals surface area (Å²) in [5, 5.41) is 0. The Kier molecular flexibility index (Phi) is 3.39. The molecule has 0 radical (unpaired) electrons. The minimum absolute atomic E-state index is 0.677. The molecule has 3 aliphatic rings. The Bertz CT molecular complexity index is 701. The van der Waals surface area contributed by atoms with Gasteiger partial charge in [0.1, 0.15) is 12.1 Å². The molecule has 0 amide bonds. The molecule has 0 spiro atoms. The van der Waals surface area contributed by atoms with E-state index < -0.39 is 0 Å². The summed E-state index contributed by atoms with van der Waals surface area (Å²) in [7, 11) is 0. The van der Waals surface area contributed by atoms with Crippen LogP contribution in [-0.4, -0.2) is 41.1 Å². The van der Waals surface area contributed by atoms with E-state index in [1.54, 1.807) is 6.33 Å². The molecule has 2 aromatic heterocycles. The predicted octanol–water partition coefficient (Wildman–Crippen LogP) is 2.71. The van der Waals surface area contributed by atoms with Gasteiger partial charge in [-0.3, -0.25) is 4.98 Å². The van der Waals surface area contributed by atoms with Gasteiger partial charge in [-0.15, -0.1) is 0 Å². The highest BCUT2D eigenvalue weighted by Gasteiger charge is 2.40. The SMILES string of the molecule is c1cc(N2CC3CN(c4cc(C5CCC5)ncn4)CC3C2)ccn1.